The first-order chi connectivity index (χ1) is 10.3. The zero-order chi connectivity index (χ0) is 14.7. The molecule has 0 spiro atoms. The number of rotatable bonds is 5. The largest absolute Gasteiger partial charge is 0.486 e. The van der Waals surface area contributed by atoms with Gasteiger partial charge in [0.15, 0.2) is 11.5 Å². The lowest BCUT2D eigenvalue weighted by atomic mass is 10.1. The number of anilines is 1. The van der Waals surface area contributed by atoms with Gasteiger partial charge in [0.25, 0.3) is 0 Å². The molecule has 1 aromatic carbocycles. The Hall–Kier alpha value is -1.49. The van der Waals surface area contributed by atoms with Crippen LogP contribution in [0.4, 0.5) is 5.82 Å². The number of aromatic nitrogens is 1. The summed E-state index contributed by atoms with van der Waals surface area (Å²) in [5.74, 6) is 2.67. The van der Waals surface area contributed by atoms with E-state index in [1.54, 1.807) is 0 Å². The Morgan fingerprint density at radius 3 is 2.71 bits per heavy atom. The van der Waals surface area contributed by atoms with E-state index in [2.05, 4.69) is 38.8 Å². The molecular weight excluding hydrogens is 332 g/mol. The van der Waals surface area contributed by atoms with Gasteiger partial charge in [-0.15, -0.1) is 0 Å². The minimum absolute atomic E-state index is 0.606. The van der Waals surface area contributed by atoms with Crippen LogP contribution in [0.1, 0.15) is 13.3 Å². The van der Waals surface area contributed by atoms with E-state index in [-0.39, 0.29) is 0 Å². The minimum atomic E-state index is 0.606. The third-order valence-corrected chi connectivity index (χ3v) is 4.21. The summed E-state index contributed by atoms with van der Waals surface area (Å²) in [6.45, 7) is 5.31. The summed E-state index contributed by atoms with van der Waals surface area (Å²) in [6.07, 6.45) is 2.96. The van der Waals surface area contributed by atoms with Gasteiger partial charge in [-0.2, -0.15) is 0 Å². The second kappa shape index (κ2) is 6.52. The molecule has 0 bridgehead atoms. The van der Waals surface area contributed by atoms with Crippen LogP contribution in [0.25, 0.3) is 10.8 Å². The Balaban J connectivity index is 2.05. The zero-order valence-electron chi connectivity index (χ0n) is 12.1. The average molecular weight is 351 g/mol. The Labute approximate surface area is 133 Å². The van der Waals surface area contributed by atoms with E-state index in [0.29, 0.717) is 13.2 Å². The molecule has 1 aliphatic heterocycles. The molecule has 1 aromatic heterocycles. The lowest BCUT2D eigenvalue weighted by molar-refractivity contribution is 0.172. The molecule has 3 rings (SSSR count). The number of alkyl halides is 1. The molecule has 5 heteroatoms. The van der Waals surface area contributed by atoms with E-state index < -0.39 is 0 Å². The fraction of sp³-hybridized carbons (Fsp3) is 0.438. The number of nitrogens with zero attached hydrogens (tertiary/aromatic N) is 2. The second-order valence-electron chi connectivity index (χ2n) is 4.97. The quantitative estimate of drug-likeness (QED) is 0.771. The van der Waals surface area contributed by atoms with Crippen LogP contribution in [0.3, 0.4) is 0 Å². The standard InChI is InChI=1S/C16H19BrN2O2/c1-2-19(7-3-5-17)16-13-11-15-14(20-8-9-21-15)10-12(13)4-6-18-16/h4,6,10-11H,2-3,5,7-9H2,1H3. The first kappa shape index (κ1) is 14.4. The smallest absolute Gasteiger partial charge is 0.162 e. The van der Waals surface area contributed by atoms with Crippen molar-refractivity contribution in [3.05, 3.63) is 24.4 Å². The maximum atomic E-state index is 5.70. The van der Waals surface area contributed by atoms with Crippen LogP contribution in [-0.4, -0.2) is 36.6 Å². The first-order valence-corrected chi connectivity index (χ1v) is 8.45. The highest BCUT2D eigenvalue weighted by Crippen LogP contribution is 2.37. The van der Waals surface area contributed by atoms with Gasteiger partial charge in [0, 0.05) is 30.0 Å². The predicted molar refractivity (Wildman–Crippen MR) is 89.0 cm³/mol. The van der Waals surface area contributed by atoms with Crippen LogP contribution in [-0.2, 0) is 0 Å². The molecule has 0 atom stereocenters. The molecule has 2 aromatic rings. The Kier molecular flexibility index (Phi) is 4.48. The molecule has 0 N–H and O–H groups in total. The van der Waals surface area contributed by atoms with Crippen LogP contribution in [0.2, 0.25) is 0 Å². The van der Waals surface area contributed by atoms with Crippen molar-refractivity contribution in [1.29, 1.82) is 0 Å². The Bertz CT molecular complexity index is 633. The highest BCUT2D eigenvalue weighted by molar-refractivity contribution is 9.09. The molecule has 112 valence electrons. The summed E-state index contributed by atoms with van der Waals surface area (Å²) < 4.78 is 11.4. The molecule has 21 heavy (non-hydrogen) atoms. The van der Waals surface area contributed by atoms with E-state index in [9.17, 15) is 0 Å². The SMILES string of the molecule is CCN(CCCBr)c1nccc2cc3c(cc12)OCCO3. The molecule has 0 saturated heterocycles. The van der Waals surface area contributed by atoms with Gasteiger partial charge in [-0.3, -0.25) is 0 Å². The molecule has 0 aliphatic carbocycles. The van der Waals surface area contributed by atoms with E-state index in [1.165, 1.54) is 0 Å². The highest BCUT2D eigenvalue weighted by Gasteiger charge is 2.16. The molecule has 0 fully saturated rings. The summed E-state index contributed by atoms with van der Waals surface area (Å²) in [6, 6.07) is 6.13. The van der Waals surface area contributed by atoms with Crippen molar-refractivity contribution >= 4 is 32.5 Å². The van der Waals surface area contributed by atoms with Crippen LogP contribution >= 0.6 is 15.9 Å². The Morgan fingerprint density at radius 2 is 2.00 bits per heavy atom. The topological polar surface area (TPSA) is 34.6 Å². The van der Waals surface area contributed by atoms with Gasteiger partial charge in [-0.25, -0.2) is 4.98 Å². The predicted octanol–water partition coefficient (Wildman–Crippen LogP) is 3.62. The van der Waals surface area contributed by atoms with Crippen molar-refractivity contribution in [2.45, 2.75) is 13.3 Å². The molecule has 0 saturated carbocycles. The maximum Gasteiger partial charge on any atom is 0.162 e. The summed E-state index contributed by atoms with van der Waals surface area (Å²) in [5.41, 5.74) is 0. The van der Waals surface area contributed by atoms with Gasteiger partial charge >= 0.3 is 0 Å². The number of pyridine rings is 1. The first-order valence-electron chi connectivity index (χ1n) is 7.32. The number of fused-ring (bicyclic) bond motifs is 2. The third kappa shape index (κ3) is 2.93. The van der Waals surface area contributed by atoms with Crippen LogP contribution in [0.15, 0.2) is 24.4 Å². The summed E-state index contributed by atoms with van der Waals surface area (Å²) in [5, 5.41) is 3.26. The number of halogens is 1. The monoisotopic (exact) mass is 350 g/mol. The Morgan fingerprint density at radius 1 is 1.24 bits per heavy atom. The van der Waals surface area contributed by atoms with Gasteiger partial charge in [0.2, 0.25) is 0 Å². The van der Waals surface area contributed by atoms with Crippen LogP contribution < -0.4 is 14.4 Å². The molecule has 1 aliphatic rings. The highest BCUT2D eigenvalue weighted by atomic mass is 79.9. The number of hydrogen-bond acceptors (Lipinski definition) is 4. The normalized spacial score (nSPS) is 13.4. The molecule has 4 nitrogen and oxygen atoms in total. The van der Waals surface area contributed by atoms with E-state index in [4.69, 9.17) is 9.47 Å². The maximum absolute atomic E-state index is 5.70. The lowest BCUT2D eigenvalue weighted by Gasteiger charge is -2.24. The van der Waals surface area contributed by atoms with Gasteiger partial charge in [-0.1, -0.05) is 15.9 Å². The fourth-order valence-corrected chi connectivity index (χ4v) is 2.86. The average Bonchev–Trinajstić information content (AvgIpc) is 2.53. The summed E-state index contributed by atoms with van der Waals surface area (Å²) in [4.78, 5) is 6.90. The minimum Gasteiger partial charge on any atom is -0.486 e. The van der Waals surface area contributed by atoms with Gasteiger partial charge in [-0.05, 0) is 36.9 Å². The van der Waals surface area contributed by atoms with E-state index in [1.807, 2.05) is 18.3 Å². The number of hydrogen-bond donors (Lipinski definition) is 0. The van der Waals surface area contributed by atoms with Crippen molar-refractivity contribution in [2.75, 3.05) is 36.5 Å². The van der Waals surface area contributed by atoms with Crippen LogP contribution in [0, 0.1) is 0 Å². The van der Waals surface area contributed by atoms with Crippen molar-refractivity contribution in [3.63, 3.8) is 0 Å². The van der Waals surface area contributed by atoms with E-state index >= 15 is 0 Å². The van der Waals surface area contributed by atoms with Crippen molar-refractivity contribution in [1.82, 2.24) is 4.98 Å². The molecule has 0 amide bonds. The molecule has 2 heterocycles. The van der Waals surface area contributed by atoms with Gasteiger partial charge in [0.1, 0.15) is 19.0 Å². The van der Waals surface area contributed by atoms with Crippen molar-refractivity contribution in [3.8, 4) is 11.5 Å². The fourth-order valence-electron chi connectivity index (χ4n) is 2.61. The zero-order valence-corrected chi connectivity index (χ0v) is 13.7. The number of benzene rings is 1. The summed E-state index contributed by atoms with van der Waals surface area (Å²) in [7, 11) is 0. The van der Waals surface area contributed by atoms with Gasteiger partial charge in [0.05, 0.1) is 0 Å². The summed E-state index contributed by atoms with van der Waals surface area (Å²) >= 11 is 3.50. The second-order valence-corrected chi connectivity index (χ2v) is 5.77. The molecule has 0 radical (unpaired) electrons. The molecule has 0 unspecified atom stereocenters. The third-order valence-electron chi connectivity index (χ3n) is 3.65. The van der Waals surface area contributed by atoms with Crippen molar-refractivity contribution < 1.29 is 9.47 Å². The lowest BCUT2D eigenvalue weighted by Crippen LogP contribution is -2.25. The molecular formula is C16H19BrN2O2. The number of ether oxygens (including phenoxy) is 2. The van der Waals surface area contributed by atoms with Crippen LogP contribution in [0.5, 0.6) is 11.5 Å². The van der Waals surface area contributed by atoms with Crippen molar-refractivity contribution in [2.24, 2.45) is 0 Å². The van der Waals surface area contributed by atoms with E-state index in [0.717, 1.165) is 52.9 Å². The van der Waals surface area contributed by atoms with Gasteiger partial charge < -0.3 is 14.4 Å².